The number of anilines is 1. The third-order valence-corrected chi connectivity index (χ3v) is 5.01. The van der Waals surface area contributed by atoms with Crippen LogP contribution < -0.4 is 9.80 Å². The molecule has 25 heavy (non-hydrogen) atoms. The van der Waals surface area contributed by atoms with Gasteiger partial charge in [-0.1, -0.05) is 35.1 Å². The molecule has 6 heteroatoms. The molecule has 0 saturated carbocycles. The van der Waals surface area contributed by atoms with Crippen molar-refractivity contribution in [2.24, 2.45) is 0 Å². The van der Waals surface area contributed by atoms with Crippen LogP contribution in [-0.2, 0) is 0 Å². The fourth-order valence-electron chi connectivity index (χ4n) is 2.49. The molecule has 1 N–H and O–H groups in total. The van der Waals surface area contributed by atoms with E-state index in [1.54, 1.807) is 11.0 Å². The maximum absolute atomic E-state index is 14.0. The van der Waals surface area contributed by atoms with Gasteiger partial charge in [-0.05, 0) is 31.2 Å². The Bertz CT molecular complexity index is 889. The fraction of sp³-hybridized carbons (Fsp3) is 0.263. The Labute approximate surface area is 150 Å². The third-order valence-electron chi connectivity index (χ3n) is 3.97. The second-order valence-corrected chi connectivity index (χ2v) is 7.37. The third kappa shape index (κ3) is 3.86. The van der Waals surface area contributed by atoms with Crippen LogP contribution in [0.4, 0.5) is 9.52 Å². The molecule has 1 heterocycles. The number of nitrogens with zero attached hydrogens (tertiary/aromatic N) is 2. The number of carbonyl (C=O) groups is 1. The highest BCUT2D eigenvalue weighted by molar-refractivity contribution is 7.22. The van der Waals surface area contributed by atoms with Crippen molar-refractivity contribution < 1.29 is 14.1 Å². The van der Waals surface area contributed by atoms with E-state index >= 15 is 0 Å². The minimum atomic E-state index is -0.360. The summed E-state index contributed by atoms with van der Waals surface area (Å²) in [6.45, 7) is 3.28. The highest BCUT2D eigenvalue weighted by Gasteiger charge is 2.22. The number of benzene rings is 2. The normalized spacial score (nSPS) is 11.2. The van der Waals surface area contributed by atoms with Gasteiger partial charge in [0, 0.05) is 5.56 Å². The number of nitrogens with one attached hydrogen (secondary N) is 1. The zero-order valence-corrected chi connectivity index (χ0v) is 15.4. The number of aryl methyl sites for hydroxylation is 1. The van der Waals surface area contributed by atoms with Gasteiger partial charge in [-0.3, -0.25) is 9.69 Å². The number of carbonyl (C=O) groups excluding carboxylic acids is 1. The number of aromatic nitrogens is 1. The first-order chi connectivity index (χ1) is 12.0. The van der Waals surface area contributed by atoms with Crippen molar-refractivity contribution in [1.29, 1.82) is 0 Å². The molecule has 0 bridgehead atoms. The zero-order valence-electron chi connectivity index (χ0n) is 14.5. The molecule has 0 aliphatic heterocycles. The first-order valence-electron chi connectivity index (χ1n) is 8.18. The minimum absolute atomic E-state index is 0.110. The van der Waals surface area contributed by atoms with Crippen LogP contribution in [0.5, 0.6) is 0 Å². The summed E-state index contributed by atoms with van der Waals surface area (Å²) in [5, 5.41) is 0.534. The molecule has 1 amide bonds. The molecule has 0 aliphatic carbocycles. The number of thiazole rings is 1. The van der Waals surface area contributed by atoms with Crippen molar-refractivity contribution >= 4 is 32.6 Å². The number of likely N-dealkylation sites (N-methyl/N-ethyl adjacent to an activating group) is 1. The Hall–Kier alpha value is -2.31. The Balaban J connectivity index is 1.99. The van der Waals surface area contributed by atoms with E-state index in [4.69, 9.17) is 0 Å². The van der Waals surface area contributed by atoms with Gasteiger partial charge in [0.05, 0.1) is 31.9 Å². The second kappa shape index (κ2) is 7.29. The van der Waals surface area contributed by atoms with Crippen molar-refractivity contribution in [3.8, 4) is 0 Å². The predicted molar refractivity (Wildman–Crippen MR) is 100 cm³/mol. The average molecular weight is 358 g/mol. The Morgan fingerprint density at radius 3 is 2.56 bits per heavy atom. The largest absolute Gasteiger partial charge is 0.338 e. The summed E-state index contributed by atoms with van der Waals surface area (Å²) in [4.78, 5) is 20.3. The lowest BCUT2D eigenvalue weighted by molar-refractivity contribution is -0.856. The minimum Gasteiger partial charge on any atom is -0.338 e. The standard InChI is InChI=1S/C19H20FN3OS/c1-13-7-9-14(10-8-13)18(24)23(12-11-22(2)3)19-21-17-15(20)5-4-6-16(17)25-19/h4-10H,11-12H2,1-3H3/p+1. The van der Waals surface area contributed by atoms with Gasteiger partial charge < -0.3 is 4.90 Å². The second-order valence-electron chi connectivity index (χ2n) is 6.36. The summed E-state index contributed by atoms with van der Waals surface area (Å²) in [7, 11) is 4.07. The summed E-state index contributed by atoms with van der Waals surface area (Å²) in [6.07, 6.45) is 0. The SMILES string of the molecule is Cc1ccc(C(=O)N(CC[NH+](C)C)c2nc3c(F)cccc3s2)cc1. The molecule has 0 unspecified atom stereocenters. The number of fused-ring (bicyclic) bond motifs is 1. The van der Waals surface area contributed by atoms with Crippen LogP contribution in [0.25, 0.3) is 10.2 Å². The van der Waals surface area contributed by atoms with Crippen LogP contribution in [-0.4, -0.2) is 38.1 Å². The summed E-state index contributed by atoms with van der Waals surface area (Å²) in [5.74, 6) is -0.471. The molecule has 0 aliphatic rings. The molecular formula is C19H21FN3OS+. The van der Waals surface area contributed by atoms with Gasteiger partial charge >= 0.3 is 0 Å². The van der Waals surface area contributed by atoms with Gasteiger partial charge in [0.2, 0.25) is 0 Å². The number of halogens is 1. The molecular weight excluding hydrogens is 337 g/mol. The first kappa shape index (κ1) is 17.5. The Morgan fingerprint density at radius 1 is 1.20 bits per heavy atom. The van der Waals surface area contributed by atoms with E-state index in [1.165, 1.54) is 22.3 Å². The number of amides is 1. The van der Waals surface area contributed by atoms with E-state index in [1.807, 2.05) is 51.4 Å². The smallest absolute Gasteiger partial charge is 0.260 e. The molecule has 130 valence electrons. The molecule has 0 saturated heterocycles. The molecule has 0 radical (unpaired) electrons. The lowest BCUT2D eigenvalue weighted by Crippen LogP contribution is -3.06. The maximum atomic E-state index is 14.0. The molecule has 0 fully saturated rings. The molecule has 3 aromatic rings. The van der Waals surface area contributed by atoms with Crippen molar-refractivity contribution in [2.45, 2.75) is 6.92 Å². The van der Waals surface area contributed by atoms with E-state index < -0.39 is 0 Å². The summed E-state index contributed by atoms with van der Waals surface area (Å²) >= 11 is 1.34. The summed E-state index contributed by atoms with van der Waals surface area (Å²) < 4.78 is 14.7. The van der Waals surface area contributed by atoms with Crippen molar-refractivity contribution in [3.05, 3.63) is 59.4 Å². The zero-order chi connectivity index (χ0) is 18.0. The van der Waals surface area contributed by atoms with Gasteiger partial charge in [0.15, 0.2) is 5.13 Å². The number of rotatable bonds is 5. The van der Waals surface area contributed by atoms with Crippen LogP contribution in [0.15, 0.2) is 42.5 Å². The monoisotopic (exact) mass is 358 g/mol. The molecule has 2 aromatic carbocycles. The van der Waals surface area contributed by atoms with Crippen LogP contribution in [0.2, 0.25) is 0 Å². The lowest BCUT2D eigenvalue weighted by Gasteiger charge is -2.20. The Kier molecular flexibility index (Phi) is 5.11. The van der Waals surface area contributed by atoms with Gasteiger partial charge in [-0.15, -0.1) is 0 Å². The first-order valence-corrected chi connectivity index (χ1v) is 9.00. The van der Waals surface area contributed by atoms with Crippen molar-refractivity contribution in [1.82, 2.24) is 4.98 Å². The van der Waals surface area contributed by atoms with E-state index in [0.717, 1.165) is 16.8 Å². The summed E-state index contributed by atoms with van der Waals surface area (Å²) in [6, 6.07) is 12.4. The van der Waals surface area contributed by atoms with Gasteiger partial charge in [-0.25, -0.2) is 9.37 Å². The molecule has 0 atom stereocenters. The Morgan fingerprint density at radius 2 is 1.92 bits per heavy atom. The lowest BCUT2D eigenvalue weighted by atomic mass is 10.1. The predicted octanol–water partition coefficient (Wildman–Crippen LogP) is 2.54. The van der Waals surface area contributed by atoms with E-state index in [9.17, 15) is 9.18 Å². The van der Waals surface area contributed by atoms with Crippen molar-refractivity contribution in [2.75, 3.05) is 32.1 Å². The molecule has 4 nitrogen and oxygen atoms in total. The number of hydrogen-bond donors (Lipinski definition) is 1. The topological polar surface area (TPSA) is 37.6 Å². The van der Waals surface area contributed by atoms with Gasteiger partial charge in [0.1, 0.15) is 11.3 Å². The maximum Gasteiger partial charge on any atom is 0.260 e. The van der Waals surface area contributed by atoms with E-state index in [0.29, 0.717) is 22.8 Å². The van der Waals surface area contributed by atoms with Crippen LogP contribution in [0.1, 0.15) is 15.9 Å². The quantitative estimate of drug-likeness (QED) is 0.761. The molecule has 1 aromatic heterocycles. The van der Waals surface area contributed by atoms with E-state index in [-0.39, 0.29) is 11.7 Å². The van der Waals surface area contributed by atoms with E-state index in [2.05, 4.69) is 4.98 Å². The number of para-hydroxylation sites is 1. The summed E-state index contributed by atoms with van der Waals surface area (Å²) in [5.41, 5.74) is 2.03. The number of hydrogen-bond acceptors (Lipinski definition) is 3. The molecule has 3 rings (SSSR count). The van der Waals surface area contributed by atoms with Gasteiger partial charge in [0.25, 0.3) is 5.91 Å². The highest BCUT2D eigenvalue weighted by Crippen LogP contribution is 2.30. The van der Waals surface area contributed by atoms with Crippen molar-refractivity contribution in [3.63, 3.8) is 0 Å². The van der Waals surface area contributed by atoms with Crippen LogP contribution in [0.3, 0.4) is 0 Å². The number of quaternary nitrogens is 1. The van der Waals surface area contributed by atoms with Crippen LogP contribution in [0, 0.1) is 12.7 Å². The highest BCUT2D eigenvalue weighted by atomic mass is 32.1. The molecule has 0 spiro atoms. The average Bonchev–Trinajstić information content (AvgIpc) is 3.00. The fourth-order valence-corrected chi connectivity index (χ4v) is 3.49. The van der Waals surface area contributed by atoms with Crippen LogP contribution >= 0.6 is 11.3 Å². The van der Waals surface area contributed by atoms with Gasteiger partial charge in [-0.2, -0.15) is 0 Å².